The number of ether oxygens (including phenoxy) is 1. The first-order valence-electron chi connectivity index (χ1n) is 6.68. The lowest BCUT2D eigenvalue weighted by atomic mass is 9.78. The second kappa shape index (κ2) is 6.75. The van der Waals surface area contributed by atoms with Crippen LogP contribution in [0.4, 0.5) is 0 Å². The number of hydrogen-bond donors (Lipinski definition) is 2. The predicted octanol–water partition coefficient (Wildman–Crippen LogP) is -0.259. The molecule has 0 aliphatic rings. The fraction of sp³-hybridized carbons (Fsp3) is 0.357. The van der Waals surface area contributed by atoms with Gasteiger partial charge in [-0.25, -0.2) is 0 Å². The number of benzene rings is 1. The van der Waals surface area contributed by atoms with Gasteiger partial charge in [0.15, 0.2) is 0 Å². The maximum Gasteiger partial charge on any atom is 0.492 e. The second-order valence-corrected chi connectivity index (χ2v) is 5.14. The summed E-state index contributed by atoms with van der Waals surface area (Å²) in [6.07, 6.45) is 3.82. The summed E-state index contributed by atoms with van der Waals surface area (Å²) in [6.45, 7) is 1.47. The monoisotopic (exact) mass is 289 g/mol. The summed E-state index contributed by atoms with van der Waals surface area (Å²) in [6, 6.07) is 5.43. The fourth-order valence-electron chi connectivity index (χ4n) is 2.32. The minimum atomic E-state index is -1.54. The molecule has 0 aliphatic heterocycles. The third-order valence-electron chi connectivity index (χ3n) is 3.24. The molecule has 6 nitrogen and oxygen atoms in total. The molecule has 0 radical (unpaired) electrons. The summed E-state index contributed by atoms with van der Waals surface area (Å²) in [7, 11) is 3.87. The van der Waals surface area contributed by atoms with Crippen LogP contribution in [0.1, 0.15) is 11.1 Å². The van der Waals surface area contributed by atoms with Crippen molar-refractivity contribution in [2.45, 2.75) is 13.1 Å². The lowest BCUT2D eigenvalue weighted by molar-refractivity contribution is 0.318. The standard InChI is InChI=1S/C14H20BN3O3/c1-17(9-12-7-16-18(2)10-12)8-11-4-5-14(21-3)13(6-11)15(19)20/h4-7,10,19-20H,8-9H2,1-3H3. The van der Waals surface area contributed by atoms with Crippen molar-refractivity contribution in [3.8, 4) is 5.75 Å². The van der Waals surface area contributed by atoms with Crippen molar-refractivity contribution in [3.05, 3.63) is 41.7 Å². The van der Waals surface area contributed by atoms with Crippen LogP contribution in [0.2, 0.25) is 0 Å². The third kappa shape index (κ3) is 4.07. The number of rotatable bonds is 6. The fourth-order valence-corrected chi connectivity index (χ4v) is 2.32. The van der Waals surface area contributed by atoms with E-state index in [2.05, 4.69) is 10.00 Å². The molecule has 0 saturated heterocycles. The van der Waals surface area contributed by atoms with Crippen molar-refractivity contribution in [2.24, 2.45) is 7.05 Å². The molecule has 2 N–H and O–H groups in total. The first-order valence-corrected chi connectivity index (χ1v) is 6.68. The summed E-state index contributed by atoms with van der Waals surface area (Å²) in [5, 5.41) is 22.9. The Hall–Kier alpha value is -1.83. The number of hydrogen-bond acceptors (Lipinski definition) is 5. The van der Waals surface area contributed by atoms with Crippen LogP contribution in [0, 0.1) is 0 Å². The second-order valence-electron chi connectivity index (χ2n) is 5.14. The van der Waals surface area contributed by atoms with Gasteiger partial charge in [-0.05, 0) is 18.7 Å². The van der Waals surface area contributed by atoms with Crippen LogP contribution in [0.25, 0.3) is 0 Å². The number of aromatic nitrogens is 2. The van der Waals surface area contributed by atoms with Crippen molar-refractivity contribution < 1.29 is 14.8 Å². The van der Waals surface area contributed by atoms with Crippen LogP contribution in [0.15, 0.2) is 30.6 Å². The summed E-state index contributed by atoms with van der Waals surface area (Å²) >= 11 is 0. The molecular weight excluding hydrogens is 269 g/mol. The van der Waals surface area contributed by atoms with E-state index in [4.69, 9.17) is 4.74 Å². The number of nitrogens with zero attached hydrogens (tertiary/aromatic N) is 3. The Labute approximate surface area is 124 Å². The zero-order chi connectivity index (χ0) is 15.4. The summed E-state index contributed by atoms with van der Waals surface area (Å²) in [5.41, 5.74) is 2.51. The highest BCUT2D eigenvalue weighted by Gasteiger charge is 2.17. The van der Waals surface area contributed by atoms with Gasteiger partial charge in [0.05, 0.1) is 13.3 Å². The van der Waals surface area contributed by atoms with Gasteiger partial charge in [0, 0.05) is 37.4 Å². The molecule has 0 saturated carbocycles. The SMILES string of the molecule is COc1ccc(CN(C)Cc2cnn(C)c2)cc1B(O)O. The Morgan fingerprint density at radius 2 is 2.00 bits per heavy atom. The van der Waals surface area contributed by atoms with Gasteiger partial charge >= 0.3 is 7.12 Å². The lowest BCUT2D eigenvalue weighted by Gasteiger charge is -2.17. The lowest BCUT2D eigenvalue weighted by Crippen LogP contribution is -2.32. The molecule has 1 aromatic heterocycles. The van der Waals surface area contributed by atoms with Crippen molar-refractivity contribution in [3.63, 3.8) is 0 Å². The zero-order valence-corrected chi connectivity index (χ0v) is 12.5. The Morgan fingerprint density at radius 3 is 2.57 bits per heavy atom. The topological polar surface area (TPSA) is 70.8 Å². The molecule has 0 fully saturated rings. The molecule has 1 heterocycles. The molecule has 21 heavy (non-hydrogen) atoms. The van der Waals surface area contributed by atoms with E-state index in [0.29, 0.717) is 17.8 Å². The molecular formula is C14H20BN3O3. The van der Waals surface area contributed by atoms with Crippen LogP contribution in [-0.4, -0.2) is 46.0 Å². The van der Waals surface area contributed by atoms with Gasteiger partial charge in [-0.15, -0.1) is 0 Å². The quantitative estimate of drug-likeness (QED) is 0.717. The Balaban J connectivity index is 2.06. The maximum absolute atomic E-state index is 9.38. The summed E-state index contributed by atoms with van der Waals surface area (Å²) in [4.78, 5) is 2.13. The largest absolute Gasteiger partial charge is 0.497 e. The van der Waals surface area contributed by atoms with Gasteiger partial charge in [0.1, 0.15) is 5.75 Å². The van der Waals surface area contributed by atoms with E-state index in [0.717, 1.165) is 17.7 Å². The Morgan fingerprint density at radius 1 is 1.29 bits per heavy atom. The van der Waals surface area contributed by atoms with Crippen molar-refractivity contribution >= 4 is 12.6 Å². The molecule has 0 amide bonds. The van der Waals surface area contributed by atoms with Gasteiger partial charge in [-0.1, -0.05) is 12.1 Å². The molecule has 7 heteroatoms. The van der Waals surface area contributed by atoms with Crippen LogP contribution < -0.4 is 10.2 Å². The van der Waals surface area contributed by atoms with Crippen LogP contribution >= 0.6 is 0 Å². The zero-order valence-electron chi connectivity index (χ0n) is 12.5. The molecule has 2 aromatic rings. The Bertz CT molecular complexity index is 601. The number of aryl methyl sites for hydroxylation is 1. The molecule has 1 aromatic carbocycles. The molecule has 0 atom stereocenters. The van der Waals surface area contributed by atoms with Crippen molar-refractivity contribution in [1.29, 1.82) is 0 Å². The van der Waals surface area contributed by atoms with E-state index in [1.165, 1.54) is 7.11 Å². The molecule has 2 rings (SSSR count). The molecule has 0 aliphatic carbocycles. The van der Waals surface area contributed by atoms with E-state index in [9.17, 15) is 10.0 Å². The normalized spacial score (nSPS) is 11.0. The van der Waals surface area contributed by atoms with Gasteiger partial charge in [-0.3, -0.25) is 9.58 Å². The van der Waals surface area contributed by atoms with Crippen LogP contribution in [-0.2, 0) is 20.1 Å². The third-order valence-corrected chi connectivity index (χ3v) is 3.24. The van der Waals surface area contributed by atoms with E-state index < -0.39 is 7.12 Å². The first-order chi connectivity index (χ1) is 9.99. The van der Waals surface area contributed by atoms with Gasteiger partial charge in [-0.2, -0.15) is 5.10 Å². The van der Waals surface area contributed by atoms with E-state index in [-0.39, 0.29) is 0 Å². The van der Waals surface area contributed by atoms with E-state index in [1.54, 1.807) is 16.8 Å². The smallest absolute Gasteiger partial charge is 0.492 e. The maximum atomic E-state index is 9.38. The summed E-state index contributed by atoms with van der Waals surface area (Å²) < 4.78 is 6.89. The Kier molecular flexibility index (Phi) is 5.00. The van der Waals surface area contributed by atoms with E-state index >= 15 is 0 Å². The van der Waals surface area contributed by atoms with Crippen molar-refractivity contribution in [1.82, 2.24) is 14.7 Å². The number of methoxy groups -OCH3 is 1. The molecule has 0 spiro atoms. The van der Waals surface area contributed by atoms with Gasteiger partial charge in [0.2, 0.25) is 0 Å². The predicted molar refractivity (Wildman–Crippen MR) is 81.2 cm³/mol. The first kappa shape index (κ1) is 15.6. The van der Waals surface area contributed by atoms with Crippen LogP contribution in [0.5, 0.6) is 5.75 Å². The molecule has 0 unspecified atom stereocenters. The minimum absolute atomic E-state index is 0.379. The van der Waals surface area contributed by atoms with Crippen molar-refractivity contribution in [2.75, 3.05) is 14.2 Å². The molecule has 0 bridgehead atoms. The highest BCUT2D eigenvalue weighted by molar-refractivity contribution is 6.59. The molecule has 112 valence electrons. The highest BCUT2D eigenvalue weighted by Crippen LogP contribution is 2.12. The minimum Gasteiger partial charge on any atom is -0.497 e. The van der Waals surface area contributed by atoms with Crippen LogP contribution in [0.3, 0.4) is 0 Å². The average molecular weight is 289 g/mol. The average Bonchev–Trinajstić information content (AvgIpc) is 2.83. The summed E-state index contributed by atoms with van der Waals surface area (Å²) in [5.74, 6) is 0.476. The van der Waals surface area contributed by atoms with Gasteiger partial charge < -0.3 is 14.8 Å². The highest BCUT2D eigenvalue weighted by atomic mass is 16.5. The van der Waals surface area contributed by atoms with Gasteiger partial charge in [0.25, 0.3) is 0 Å². The van der Waals surface area contributed by atoms with E-state index in [1.807, 2.05) is 32.6 Å².